The Balaban J connectivity index is 0.966. The Kier molecular flexibility index (Phi) is 8.06. The average Bonchev–Trinajstić information content (AvgIpc) is 3.66. The Bertz CT molecular complexity index is 3580. The van der Waals surface area contributed by atoms with E-state index in [1.54, 1.807) is 0 Å². The molecule has 9 aromatic carbocycles. The molecule has 0 amide bonds. The lowest BCUT2D eigenvalue weighted by Gasteiger charge is -2.39. The molecule has 3 heterocycles. The molecule has 1 aliphatic carbocycles. The first-order chi connectivity index (χ1) is 31.7. The van der Waals surface area contributed by atoms with Crippen LogP contribution in [0.2, 0.25) is 0 Å². The van der Waals surface area contributed by atoms with Gasteiger partial charge in [0.05, 0.1) is 16.6 Å². The summed E-state index contributed by atoms with van der Waals surface area (Å²) in [7, 11) is 0. The molecule has 5 heteroatoms. The molecule has 0 saturated carbocycles. The van der Waals surface area contributed by atoms with Gasteiger partial charge in [0.2, 0.25) is 0 Å². The summed E-state index contributed by atoms with van der Waals surface area (Å²) < 4.78 is 6.96. The molecule has 0 bridgehead atoms. The number of rotatable bonds is 5. The van der Waals surface area contributed by atoms with Crippen LogP contribution in [-0.2, 0) is 5.41 Å². The summed E-state index contributed by atoms with van der Waals surface area (Å²) in [6.07, 6.45) is 0. The Morgan fingerprint density at radius 2 is 0.766 bits per heavy atom. The molecule has 13 rings (SSSR count). The first kappa shape index (κ1) is 36.1. The summed E-state index contributed by atoms with van der Waals surface area (Å²) in [5.41, 5.74) is 14.6. The SMILES string of the molecule is c1ccc(-c2ccc(-c3nc(-c4ccccc4)nc(-c4ccc(-c5nc6ccccc6c6cc7c(cc56)Oc5ccccc5C75c6ccccc6-c6ccccc65)cc4)n3)cc2)cc1. The second-order valence-electron chi connectivity index (χ2n) is 16.5. The van der Waals surface area contributed by atoms with Crippen molar-refractivity contribution in [3.05, 3.63) is 241 Å². The lowest BCUT2D eigenvalue weighted by molar-refractivity contribution is 0.437. The Morgan fingerprint density at radius 1 is 0.297 bits per heavy atom. The molecule has 0 N–H and O–H groups in total. The fourth-order valence-electron chi connectivity index (χ4n) is 10.1. The average molecular weight is 817 g/mol. The summed E-state index contributed by atoms with van der Waals surface area (Å²) in [6.45, 7) is 0. The highest BCUT2D eigenvalue weighted by Crippen LogP contribution is 2.62. The van der Waals surface area contributed by atoms with Gasteiger partial charge >= 0.3 is 0 Å². The molecular weight excluding hydrogens is 781 g/mol. The third kappa shape index (κ3) is 5.51. The van der Waals surface area contributed by atoms with Crippen LogP contribution in [0.3, 0.4) is 0 Å². The summed E-state index contributed by atoms with van der Waals surface area (Å²) >= 11 is 0. The van der Waals surface area contributed by atoms with E-state index in [2.05, 4.69) is 182 Å². The summed E-state index contributed by atoms with van der Waals surface area (Å²) in [5.74, 6) is 3.53. The van der Waals surface area contributed by atoms with Crippen LogP contribution in [0, 0.1) is 0 Å². The number of para-hydroxylation sites is 2. The van der Waals surface area contributed by atoms with Crippen LogP contribution in [-0.4, -0.2) is 19.9 Å². The topological polar surface area (TPSA) is 60.8 Å². The van der Waals surface area contributed by atoms with Gasteiger partial charge in [-0.05, 0) is 63.0 Å². The van der Waals surface area contributed by atoms with Crippen molar-refractivity contribution in [1.82, 2.24) is 19.9 Å². The largest absolute Gasteiger partial charge is 0.457 e. The summed E-state index contributed by atoms with van der Waals surface area (Å²) in [5, 5.41) is 3.24. The van der Waals surface area contributed by atoms with Gasteiger partial charge in [-0.2, -0.15) is 0 Å². The summed E-state index contributed by atoms with van der Waals surface area (Å²) in [6, 6.07) is 76.7. The van der Waals surface area contributed by atoms with Crippen LogP contribution in [0.4, 0.5) is 0 Å². The van der Waals surface area contributed by atoms with Gasteiger partial charge in [0.25, 0.3) is 0 Å². The zero-order valence-electron chi connectivity index (χ0n) is 34.5. The van der Waals surface area contributed by atoms with E-state index in [4.69, 9.17) is 24.7 Å². The number of benzene rings is 9. The standard InChI is InChI=1S/C59H36N4O/c1-3-15-37(16-4-1)38-27-31-41(32-28-38)57-61-56(40-17-5-2-6-18-40)62-58(63-57)42-33-29-39(30-34-42)55-47-36-54-51(35-46(47)45-21-9-13-25-52(45)60-55)59(50-24-12-14-26-53(50)64-54)48-22-10-7-19-43(48)44-20-8-11-23-49(44)59/h1-36H. The lowest BCUT2D eigenvalue weighted by atomic mass is 9.65. The van der Waals surface area contributed by atoms with Crippen molar-refractivity contribution in [2.24, 2.45) is 0 Å². The first-order valence-corrected chi connectivity index (χ1v) is 21.6. The van der Waals surface area contributed by atoms with Gasteiger partial charge in [-0.15, -0.1) is 0 Å². The Labute approximate surface area is 370 Å². The molecule has 0 atom stereocenters. The van der Waals surface area contributed by atoms with Gasteiger partial charge in [-0.1, -0.05) is 194 Å². The maximum Gasteiger partial charge on any atom is 0.164 e. The number of hydrogen-bond donors (Lipinski definition) is 0. The fourth-order valence-corrected chi connectivity index (χ4v) is 10.1. The second kappa shape index (κ2) is 14.3. The molecular formula is C59H36N4O. The number of ether oxygens (including phenoxy) is 1. The predicted octanol–water partition coefficient (Wildman–Crippen LogP) is 14.4. The quantitative estimate of drug-likeness (QED) is 0.162. The minimum absolute atomic E-state index is 0.566. The van der Waals surface area contributed by atoms with E-state index in [1.807, 2.05) is 36.4 Å². The highest BCUT2D eigenvalue weighted by Gasteiger charge is 2.51. The third-order valence-electron chi connectivity index (χ3n) is 13.0. The molecule has 0 fully saturated rings. The van der Waals surface area contributed by atoms with Crippen LogP contribution >= 0.6 is 0 Å². The van der Waals surface area contributed by atoms with E-state index in [1.165, 1.54) is 22.3 Å². The maximum atomic E-state index is 6.96. The van der Waals surface area contributed by atoms with E-state index in [-0.39, 0.29) is 0 Å². The molecule has 11 aromatic rings. The third-order valence-corrected chi connectivity index (χ3v) is 13.0. The minimum atomic E-state index is -0.566. The first-order valence-electron chi connectivity index (χ1n) is 21.6. The van der Waals surface area contributed by atoms with Gasteiger partial charge in [0, 0.05) is 44.2 Å². The van der Waals surface area contributed by atoms with Gasteiger partial charge < -0.3 is 4.74 Å². The number of hydrogen-bond acceptors (Lipinski definition) is 5. The predicted molar refractivity (Wildman–Crippen MR) is 257 cm³/mol. The van der Waals surface area contributed by atoms with Gasteiger partial charge in [-0.25, -0.2) is 19.9 Å². The van der Waals surface area contributed by atoms with Crippen LogP contribution in [0.15, 0.2) is 218 Å². The van der Waals surface area contributed by atoms with Crippen molar-refractivity contribution >= 4 is 21.7 Å². The number of fused-ring (bicyclic) bond motifs is 12. The molecule has 2 aliphatic rings. The van der Waals surface area contributed by atoms with Crippen LogP contribution in [0.5, 0.6) is 11.5 Å². The van der Waals surface area contributed by atoms with E-state index in [0.717, 1.165) is 83.4 Å². The molecule has 0 saturated heterocycles. The van der Waals surface area contributed by atoms with Crippen molar-refractivity contribution in [3.8, 4) is 79.2 Å². The normalized spacial score (nSPS) is 12.9. The molecule has 1 spiro atoms. The van der Waals surface area contributed by atoms with Crippen molar-refractivity contribution in [2.75, 3.05) is 0 Å². The van der Waals surface area contributed by atoms with Crippen LogP contribution in [0.1, 0.15) is 22.3 Å². The molecule has 1 aliphatic heterocycles. The molecule has 64 heavy (non-hydrogen) atoms. The van der Waals surface area contributed by atoms with Crippen LogP contribution < -0.4 is 4.74 Å². The van der Waals surface area contributed by atoms with Crippen molar-refractivity contribution in [1.29, 1.82) is 0 Å². The number of pyridine rings is 1. The monoisotopic (exact) mass is 816 g/mol. The molecule has 0 radical (unpaired) electrons. The minimum Gasteiger partial charge on any atom is -0.457 e. The van der Waals surface area contributed by atoms with E-state index >= 15 is 0 Å². The van der Waals surface area contributed by atoms with E-state index in [9.17, 15) is 0 Å². The van der Waals surface area contributed by atoms with Crippen molar-refractivity contribution in [3.63, 3.8) is 0 Å². The van der Waals surface area contributed by atoms with E-state index < -0.39 is 5.41 Å². The molecule has 298 valence electrons. The zero-order chi connectivity index (χ0) is 42.2. The lowest BCUT2D eigenvalue weighted by Crippen LogP contribution is -2.32. The maximum absolute atomic E-state index is 6.96. The highest BCUT2D eigenvalue weighted by molar-refractivity contribution is 6.12. The second-order valence-corrected chi connectivity index (χ2v) is 16.5. The summed E-state index contributed by atoms with van der Waals surface area (Å²) in [4.78, 5) is 20.5. The van der Waals surface area contributed by atoms with Gasteiger partial charge in [-0.3, -0.25) is 0 Å². The molecule has 5 nitrogen and oxygen atoms in total. The van der Waals surface area contributed by atoms with Crippen molar-refractivity contribution < 1.29 is 4.74 Å². The van der Waals surface area contributed by atoms with Crippen molar-refractivity contribution in [2.45, 2.75) is 5.41 Å². The Hall–Kier alpha value is -8.54. The smallest absolute Gasteiger partial charge is 0.164 e. The number of aromatic nitrogens is 4. The fraction of sp³-hybridized carbons (Fsp3) is 0.0169. The highest BCUT2D eigenvalue weighted by atomic mass is 16.5. The van der Waals surface area contributed by atoms with Gasteiger partial charge in [0.1, 0.15) is 11.5 Å². The van der Waals surface area contributed by atoms with Gasteiger partial charge in [0.15, 0.2) is 17.5 Å². The molecule has 2 aromatic heterocycles. The molecule has 0 unspecified atom stereocenters. The Morgan fingerprint density at radius 3 is 1.41 bits per heavy atom. The zero-order valence-corrected chi connectivity index (χ0v) is 34.5. The van der Waals surface area contributed by atoms with E-state index in [0.29, 0.717) is 17.5 Å². The van der Waals surface area contributed by atoms with Crippen LogP contribution in [0.25, 0.3) is 89.4 Å². The number of nitrogens with zero attached hydrogens (tertiary/aromatic N) is 4.